The molecule has 19 heteroatoms. The molecule has 0 aliphatic carbocycles. The van der Waals surface area contributed by atoms with Crippen LogP contribution in [-0.4, -0.2) is 87.3 Å². The van der Waals surface area contributed by atoms with Gasteiger partial charge in [-0.1, -0.05) is 0 Å². The van der Waals surface area contributed by atoms with E-state index in [0.717, 1.165) is 62.3 Å². The quantitative estimate of drug-likeness (QED) is 0.0857. The standard InChI is InChI=1S/3C9H10O6.Ru/c3*1-4(10)9(5(2)11,6(3)12)7(13)8(14)15;/h3*1-3H3,(H,14,15);/q;;;+3/p-3. The van der Waals surface area contributed by atoms with Gasteiger partial charge in [0.05, 0.1) is 0 Å². The second-order valence-corrected chi connectivity index (χ2v) is 9.11. The third-order valence-corrected chi connectivity index (χ3v) is 6.33. The minimum absolute atomic E-state index is 0. The van der Waals surface area contributed by atoms with Gasteiger partial charge in [-0.15, -0.1) is 0 Å². The van der Waals surface area contributed by atoms with Crippen LogP contribution in [0.4, 0.5) is 0 Å². The molecule has 0 bridgehead atoms. The SMILES string of the molecule is CC(=O)C(C(C)=O)(C(C)=O)C(=O)C(=O)[O-].CC(=O)C(C(C)=O)(C(C)=O)C(=O)C(=O)[O-].CC(=O)C(C(C)=O)(C(C)=O)C(=O)C(=O)[O-].[Ru+3]. The zero-order valence-electron chi connectivity index (χ0n) is 25.7. The summed E-state index contributed by atoms with van der Waals surface area (Å²) in [6.07, 6.45) is 0. The number of ketones is 12. The van der Waals surface area contributed by atoms with Crippen LogP contribution in [0.15, 0.2) is 0 Å². The fraction of sp³-hybridized carbons (Fsp3) is 0.444. The summed E-state index contributed by atoms with van der Waals surface area (Å²) in [4.78, 5) is 165. The summed E-state index contributed by atoms with van der Waals surface area (Å²) in [5.41, 5.74) is -8.21. The molecule has 0 unspecified atom stereocenters. The number of aliphatic carboxylic acids is 3. The van der Waals surface area contributed by atoms with Crippen molar-refractivity contribution < 1.29 is 107 Å². The average Bonchev–Trinajstić information content (AvgIpc) is 2.83. The fourth-order valence-electron chi connectivity index (χ4n) is 4.13. The normalized spacial score (nSPS) is 10.4. The van der Waals surface area contributed by atoms with Gasteiger partial charge in [-0.05, 0) is 62.3 Å². The van der Waals surface area contributed by atoms with E-state index in [4.69, 9.17) is 0 Å². The smallest absolute Gasteiger partial charge is 0.542 e. The van der Waals surface area contributed by atoms with Crippen LogP contribution >= 0.6 is 0 Å². The summed E-state index contributed by atoms with van der Waals surface area (Å²) in [6.45, 7) is 7.28. The number of carbonyl (C=O) groups excluding carboxylic acids is 15. The first-order chi connectivity index (χ1) is 20.1. The predicted octanol–water partition coefficient (Wildman–Crippen LogP) is -5.83. The van der Waals surface area contributed by atoms with Crippen LogP contribution in [0.25, 0.3) is 0 Å². The second kappa shape index (κ2) is 18.1. The molecule has 0 rings (SSSR count). The van der Waals surface area contributed by atoms with Gasteiger partial charge in [0, 0.05) is 0 Å². The zero-order valence-corrected chi connectivity index (χ0v) is 27.4. The van der Waals surface area contributed by atoms with Crippen LogP contribution < -0.4 is 15.3 Å². The summed E-state index contributed by atoms with van der Waals surface area (Å²) < 4.78 is 0. The van der Waals surface area contributed by atoms with Crippen LogP contribution in [-0.2, 0) is 91.4 Å². The molecule has 1 radical (unpaired) electrons. The van der Waals surface area contributed by atoms with Gasteiger partial charge < -0.3 is 29.7 Å². The van der Waals surface area contributed by atoms with Gasteiger partial charge in [0.25, 0.3) is 0 Å². The molecule has 0 aromatic heterocycles. The van der Waals surface area contributed by atoms with E-state index in [1.165, 1.54) is 0 Å². The number of hydrogen-bond donors (Lipinski definition) is 0. The number of carbonyl (C=O) groups is 15. The molecule has 0 aromatic rings. The van der Waals surface area contributed by atoms with Crippen molar-refractivity contribution in [2.24, 2.45) is 16.2 Å². The maximum atomic E-state index is 11.2. The topological polar surface area (TPSA) is 325 Å². The minimum Gasteiger partial charge on any atom is -0.542 e. The second-order valence-electron chi connectivity index (χ2n) is 9.11. The third kappa shape index (κ3) is 9.06. The molecular weight excluding hydrogens is 713 g/mol. The van der Waals surface area contributed by atoms with E-state index in [0.29, 0.717) is 0 Å². The van der Waals surface area contributed by atoms with Gasteiger partial charge in [-0.3, -0.25) is 57.5 Å². The van der Waals surface area contributed by atoms with Crippen molar-refractivity contribution in [3.8, 4) is 0 Å². The van der Waals surface area contributed by atoms with E-state index in [9.17, 15) is 87.2 Å². The van der Waals surface area contributed by atoms with Gasteiger partial charge in [-0.25, -0.2) is 0 Å². The summed E-state index contributed by atoms with van der Waals surface area (Å²) in [5, 5.41) is 31.0. The Morgan fingerprint density at radius 3 is 0.391 bits per heavy atom. The van der Waals surface area contributed by atoms with E-state index in [2.05, 4.69) is 0 Å². The van der Waals surface area contributed by atoms with Crippen LogP contribution in [0.1, 0.15) is 62.3 Å². The summed E-state index contributed by atoms with van der Waals surface area (Å²) in [7, 11) is 0. The van der Waals surface area contributed by atoms with Gasteiger partial charge >= 0.3 is 19.5 Å². The monoisotopic (exact) mass is 741 g/mol. The first kappa shape index (κ1) is 48.0. The van der Waals surface area contributed by atoms with Crippen molar-refractivity contribution in [2.75, 3.05) is 0 Å². The molecular formula is C27H27O18Ru. The number of rotatable bonds is 15. The summed E-state index contributed by atoms with van der Waals surface area (Å²) in [5.74, 6) is -22.1. The molecule has 46 heavy (non-hydrogen) atoms. The summed E-state index contributed by atoms with van der Waals surface area (Å²) >= 11 is 0. The van der Waals surface area contributed by atoms with Crippen molar-refractivity contribution in [2.45, 2.75) is 62.3 Å². The molecule has 0 amide bonds. The van der Waals surface area contributed by atoms with E-state index < -0.39 is 104 Å². The van der Waals surface area contributed by atoms with Crippen molar-refractivity contribution in [3.63, 3.8) is 0 Å². The molecule has 0 aromatic carbocycles. The summed E-state index contributed by atoms with van der Waals surface area (Å²) in [6, 6.07) is 0. The maximum absolute atomic E-state index is 11.2. The molecule has 0 N–H and O–H groups in total. The van der Waals surface area contributed by atoms with Crippen LogP contribution in [0.3, 0.4) is 0 Å². The Kier molecular flexibility index (Phi) is 18.9. The Morgan fingerprint density at radius 2 is 0.370 bits per heavy atom. The fourth-order valence-corrected chi connectivity index (χ4v) is 4.13. The van der Waals surface area contributed by atoms with Crippen molar-refractivity contribution in [1.29, 1.82) is 0 Å². The third-order valence-electron chi connectivity index (χ3n) is 6.33. The molecule has 251 valence electrons. The average molecular weight is 741 g/mol. The molecule has 0 fully saturated rings. The minimum atomic E-state index is -2.74. The molecule has 0 aliphatic rings. The number of carboxylic acids is 3. The largest absolute Gasteiger partial charge is 3.00 e. The molecule has 0 saturated carbocycles. The number of Topliss-reactive ketones (excluding diaryl/α,β-unsaturated/α-hetero) is 12. The number of hydrogen-bond acceptors (Lipinski definition) is 18. The zero-order chi connectivity index (χ0) is 37.2. The Morgan fingerprint density at radius 1 is 0.283 bits per heavy atom. The Bertz CT molecular complexity index is 1160. The first-order valence-electron chi connectivity index (χ1n) is 11.9. The number of carboxylic acid groups (broad SMARTS) is 3. The van der Waals surface area contributed by atoms with Gasteiger partial charge in [0.15, 0.2) is 52.0 Å². The van der Waals surface area contributed by atoms with Crippen LogP contribution in [0.2, 0.25) is 0 Å². The molecule has 0 spiro atoms. The predicted molar refractivity (Wildman–Crippen MR) is 133 cm³/mol. The van der Waals surface area contributed by atoms with E-state index in [1.807, 2.05) is 0 Å². The van der Waals surface area contributed by atoms with E-state index in [-0.39, 0.29) is 19.5 Å². The van der Waals surface area contributed by atoms with E-state index >= 15 is 0 Å². The molecule has 0 heterocycles. The Hall–Kier alpha value is -4.93. The van der Waals surface area contributed by atoms with Crippen LogP contribution in [0.5, 0.6) is 0 Å². The first-order valence-corrected chi connectivity index (χ1v) is 11.9. The van der Waals surface area contributed by atoms with Crippen LogP contribution in [0, 0.1) is 16.2 Å². The molecule has 0 aliphatic heterocycles. The van der Waals surface area contributed by atoms with Gasteiger partial charge in [0.1, 0.15) is 17.9 Å². The maximum Gasteiger partial charge on any atom is 3.00 e. The Balaban J connectivity index is -0.000000285. The molecule has 0 saturated heterocycles. The Labute approximate surface area is 272 Å². The molecule has 0 atom stereocenters. The van der Waals surface area contributed by atoms with Crippen molar-refractivity contribution in [3.05, 3.63) is 0 Å². The van der Waals surface area contributed by atoms with Crippen molar-refractivity contribution >= 4 is 87.3 Å². The molecule has 18 nitrogen and oxygen atoms in total. The van der Waals surface area contributed by atoms with Crippen molar-refractivity contribution in [1.82, 2.24) is 0 Å². The van der Waals surface area contributed by atoms with Gasteiger partial charge in [0.2, 0.25) is 33.6 Å². The van der Waals surface area contributed by atoms with Gasteiger partial charge in [-0.2, -0.15) is 0 Å². The van der Waals surface area contributed by atoms with E-state index in [1.54, 1.807) is 0 Å².